The van der Waals surface area contributed by atoms with Gasteiger partial charge in [0.05, 0.1) is 18.8 Å². The zero-order chi connectivity index (χ0) is 14.5. The van der Waals surface area contributed by atoms with Crippen molar-refractivity contribution in [3.63, 3.8) is 0 Å². The third-order valence-corrected chi connectivity index (χ3v) is 4.49. The Morgan fingerprint density at radius 2 is 1.68 bits per heavy atom. The maximum absolute atomic E-state index is 11.5. The molecule has 132 valence electrons. The molecule has 0 radical (unpaired) electrons. The number of nitrogens with two attached hydrogens (primary N) is 1. The third kappa shape index (κ3) is 6.59. The average molecular weight is 356 g/mol. The Kier molecular flexibility index (Phi) is 10.6. The van der Waals surface area contributed by atoms with Gasteiger partial charge in [-0.25, -0.2) is 0 Å². The van der Waals surface area contributed by atoms with E-state index in [-0.39, 0.29) is 37.3 Å². The van der Waals surface area contributed by atoms with E-state index in [0.717, 1.165) is 51.5 Å². The molecule has 5 nitrogen and oxygen atoms in total. The smallest absolute Gasteiger partial charge is 0.236 e. The highest BCUT2D eigenvalue weighted by atomic mass is 35.5. The van der Waals surface area contributed by atoms with Crippen molar-refractivity contribution in [2.75, 3.05) is 39.3 Å². The number of hydrogen-bond donors (Lipinski definition) is 1. The summed E-state index contributed by atoms with van der Waals surface area (Å²) >= 11 is 0. The summed E-state index contributed by atoms with van der Waals surface area (Å²) in [6.07, 6.45) is 4.19. The summed E-state index contributed by atoms with van der Waals surface area (Å²) in [5.41, 5.74) is 5.41. The molecule has 2 atom stereocenters. The predicted octanol–water partition coefficient (Wildman–Crippen LogP) is 1.53. The van der Waals surface area contributed by atoms with E-state index in [1.54, 1.807) is 0 Å². The van der Waals surface area contributed by atoms with Crippen LogP contribution in [-0.2, 0) is 9.53 Å². The van der Waals surface area contributed by atoms with Crippen LogP contribution in [-0.4, -0.2) is 67.2 Å². The van der Waals surface area contributed by atoms with E-state index in [2.05, 4.69) is 18.7 Å². The van der Waals surface area contributed by atoms with E-state index >= 15 is 0 Å². The summed E-state index contributed by atoms with van der Waals surface area (Å²) in [4.78, 5) is 16.0. The fourth-order valence-electron chi connectivity index (χ4n) is 3.43. The van der Waals surface area contributed by atoms with Gasteiger partial charge in [0.25, 0.3) is 0 Å². The summed E-state index contributed by atoms with van der Waals surface area (Å²) in [5, 5.41) is 0. The number of carbonyl (C=O) groups excluding carboxylic acids is 1. The molecule has 7 heteroatoms. The topological polar surface area (TPSA) is 58.8 Å². The summed E-state index contributed by atoms with van der Waals surface area (Å²) in [6, 6.07) is 0. The lowest BCUT2D eigenvalue weighted by Crippen LogP contribution is -2.46. The molecule has 2 fully saturated rings. The van der Waals surface area contributed by atoms with Crippen molar-refractivity contribution in [2.24, 2.45) is 11.7 Å². The van der Waals surface area contributed by atoms with Crippen LogP contribution in [0.15, 0.2) is 0 Å². The Morgan fingerprint density at radius 3 is 2.18 bits per heavy atom. The van der Waals surface area contributed by atoms with Gasteiger partial charge >= 0.3 is 0 Å². The molecule has 0 bridgehead atoms. The van der Waals surface area contributed by atoms with Crippen LogP contribution in [0.4, 0.5) is 0 Å². The Bertz CT molecular complexity index is 316. The first-order valence-electron chi connectivity index (χ1n) is 7.94. The SMILES string of the molecule is CC1CN(CCC2CCN(C(=O)CN)CC2)CC(C)O1.Cl.Cl. The number of nitrogens with zero attached hydrogens (tertiary/aromatic N) is 2. The number of likely N-dealkylation sites (tertiary alicyclic amines) is 1. The molecule has 2 N–H and O–H groups in total. The third-order valence-electron chi connectivity index (χ3n) is 4.49. The first-order valence-corrected chi connectivity index (χ1v) is 7.94. The van der Waals surface area contributed by atoms with Gasteiger partial charge in [-0.3, -0.25) is 9.69 Å². The minimum Gasteiger partial charge on any atom is -0.373 e. The first kappa shape index (κ1) is 21.9. The lowest BCUT2D eigenvalue weighted by molar-refractivity contribution is -0.131. The Balaban J connectivity index is 0.00000220. The van der Waals surface area contributed by atoms with Gasteiger partial charge in [0, 0.05) is 26.2 Å². The van der Waals surface area contributed by atoms with Crippen molar-refractivity contribution >= 4 is 30.7 Å². The molecule has 1 amide bonds. The first-order chi connectivity index (χ1) is 9.58. The van der Waals surface area contributed by atoms with E-state index in [1.165, 1.54) is 6.42 Å². The van der Waals surface area contributed by atoms with Crippen LogP contribution in [0.2, 0.25) is 0 Å². The Labute approximate surface area is 146 Å². The minimum absolute atomic E-state index is 0. The monoisotopic (exact) mass is 355 g/mol. The second-order valence-corrected chi connectivity index (χ2v) is 6.33. The van der Waals surface area contributed by atoms with Crippen LogP contribution in [0.3, 0.4) is 0 Å². The average Bonchev–Trinajstić information content (AvgIpc) is 2.44. The van der Waals surface area contributed by atoms with Crippen molar-refractivity contribution < 1.29 is 9.53 Å². The van der Waals surface area contributed by atoms with E-state index in [1.807, 2.05) is 4.90 Å². The normalized spacial score (nSPS) is 27.0. The number of halogens is 2. The molecule has 2 heterocycles. The van der Waals surface area contributed by atoms with E-state index in [4.69, 9.17) is 10.5 Å². The largest absolute Gasteiger partial charge is 0.373 e. The molecular formula is C15H31Cl2N3O2. The standard InChI is InChI=1S/C15H29N3O2.2ClH/c1-12-10-17(11-13(2)20-12)6-3-14-4-7-18(8-5-14)15(19)9-16;;/h12-14H,3-11,16H2,1-2H3;2*1H. The van der Waals surface area contributed by atoms with Crippen molar-refractivity contribution in [2.45, 2.75) is 45.3 Å². The molecule has 0 aromatic carbocycles. The molecule has 2 rings (SSSR count). The molecule has 0 aromatic heterocycles. The van der Waals surface area contributed by atoms with Crippen LogP contribution in [0.1, 0.15) is 33.1 Å². The minimum atomic E-state index is 0. The number of rotatable bonds is 4. The molecular weight excluding hydrogens is 325 g/mol. The van der Waals surface area contributed by atoms with Gasteiger partial charge in [-0.2, -0.15) is 0 Å². The van der Waals surface area contributed by atoms with Gasteiger partial charge in [-0.15, -0.1) is 24.8 Å². The zero-order valence-corrected chi connectivity index (χ0v) is 15.3. The summed E-state index contributed by atoms with van der Waals surface area (Å²) in [6.45, 7) is 9.48. The number of piperidine rings is 1. The summed E-state index contributed by atoms with van der Waals surface area (Å²) in [5.74, 6) is 0.851. The van der Waals surface area contributed by atoms with Gasteiger partial charge in [0.15, 0.2) is 0 Å². The van der Waals surface area contributed by atoms with Gasteiger partial charge in [-0.1, -0.05) is 0 Å². The molecule has 2 aliphatic heterocycles. The van der Waals surface area contributed by atoms with E-state index in [0.29, 0.717) is 12.2 Å². The summed E-state index contributed by atoms with van der Waals surface area (Å²) < 4.78 is 5.76. The van der Waals surface area contributed by atoms with Gasteiger partial charge in [0.1, 0.15) is 0 Å². The fraction of sp³-hybridized carbons (Fsp3) is 0.933. The molecule has 0 aromatic rings. The Morgan fingerprint density at radius 1 is 1.14 bits per heavy atom. The van der Waals surface area contributed by atoms with E-state index < -0.39 is 0 Å². The van der Waals surface area contributed by atoms with Gasteiger partial charge in [0.2, 0.25) is 5.91 Å². The predicted molar refractivity (Wildman–Crippen MR) is 93.9 cm³/mol. The van der Waals surface area contributed by atoms with Crippen molar-refractivity contribution in [1.82, 2.24) is 9.80 Å². The van der Waals surface area contributed by atoms with Crippen LogP contribution in [0.5, 0.6) is 0 Å². The van der Waals surface area contributed by atoms with Gasteiger partial charge in [-0.05, 0) is 45.6 Å². The maximum Gasteiger partial charge on any atom is 0.236 e. The van der Waals surface area contributed by atoms with Crippen molar-refractivity contribution in [3.05, 3.63) is 0 Å². The van der Waals surface area contributed by atoms with Crippen molar-refractivity contribution in [1.29, 1.82) is 0 Å². The summed E-state index contributed by atoms with van der Waals surface area (Å²) in [7, 11) is 0. The lowest BCUT2D eigenvalue weighted by atomic mass is 9.93. The second kappa shape index (κ2) is 10.7. The number of amides is 1. The number of ether oxygens (including phenoxy) is 1. The molecule has 2 aliphatic rings. The highest BCUT2D eigenvalue weighted by Crippen LogP contribution is 2.21. The fourth-order valence-corrected chi connectivity index (χ4v) is 3.43. The number of hydrogen-bond acceptors (Lipinski definition) is 4. The van der Waals surface area contributed by atoms with Gasteiger partial charge < -0.3 is 15.4 Å². The van der Waals surface area contributed by atoms with Crippen LogP contribution < -0.4 is 5.73 Å². The number of morpholine rings is 1. The lowest BCUT2D eigenvalue weighted by Gasteiger charge is -2.37. The van der Waals surface area contributed by atoms with Crippen molar-refractivity contribution in [3.8, 4) is 0 Å². The zero-order valence-electron chi connectivity index (χ0n) is 13.7. The van der Waals surface area contributed by atoms with Crippen LogP contribution in [0, 0.1) is 5.92 Å². The Hall–Kier alpha value is -0.0700. The highest BCUT2D eigenvalue weighted by Gasteiger charge is 2.25. The second-order valence-electron chi connectivity index (χ2n) is 6.33. The molecule has 0 spiro atoms. The molecule has 0 aliphatic carbocycles. The molecule has 2 saturated heterocycles. The molecule has 0 saturated carbocycles. The maximum atomic E-state index is 11.5. The number of carbonyl (C=O) groups is 1. The van der Waals surface area contributed by atoms with Crippen LogP contribution >= 0.6 is 24.8 Å². The quantitative estimate of drug-likeness (QED) is 0.830. The highest BCUT2D eigenvalue weighted by molar-refractivity contribution is 5.85. The van der Waals surface area contributed by atoms with Crippen LogP contribution in [0.25, 0.3) is 0 Å². The van der Waals surface area contributed by atoms with E-state index in [9.17, 15) is 4.79 Å². The molecule has 2 unspecified atom stereocenters. The molecule has 22 heavy (non-hydrogen) atoms.